The van der Waals surface area contributed by atoms with Gasteiger partial charge in [0.25, 0.3) is 0 Å². The van der Waals surface area contributed by atoms with E-state index in [1.807, 2.05) is 30.3 Å². The highest BCUT2D eigenvalue weighted by Gasteiger charge is 2.22. The molecule has 0 aromatic heterocycles. The van der Waals surface area contributed by atoms with Crippen molar-refractivity contribution in [1.82, 2.24) is 0 Å². The molecule has 0 radical (unpaired) electrons. The number of hydrogen-bond donors (Lipinski definition) is 1. The monoisotopic (exact) mass is 244 g/mol. The summed E-state index contributed by atoms with van der Waals surface area (Å²) in [5.74, 6) is 0.785. The van der Waals surface area contributed by atoms with Crippen molar-refractivity contribution in [2.24, 2.45) is 0 Å². The standard InChI is InChI=1S/C15H16O3/c16-13-7-8-17-15(10-13)18-14-6-5-11-3-1-2-4-12(11)9-14/h1-6,9,13,15-16H,7-8,10H2/t13-,15-/m0/s1. The van der Waals surface area contributed by atoms with Crippen LogP contribution in [0.3, 0.4) is 0 Å². The van der Waals surface area contributed by atoms with Gasteiger partial charge in [-0.15, -0.1) is 0 Å². The van der Waals surface area contributed by atoms with Gasteiger partial charge in [-0.25, -0.2) is 0 Å². The second kappa shape index (κ2) is 4.96. The van der Waals surface area contributed by atoms with Crippen molar-refractivity contribution < 1.29 is 14.6 Å². The molecule has 0 amide bonds. The molecule has 0 unspecified atom stereocenters. The van der Waals surface area contributed by atoms with Gasteiger partial charge in [0, 0.05) is 6.42 Å². The van der Waals surface area contributed by atoms with Crippen LogP contribution in [0.25, 0.3) is 10.8 Å². The minimum absolute atomic E-state index is 0.316. The normalized spacial score (nSPS) is 24.1. The predicted molar refractivity (Wildman–Crippen MR) is 69.6 cm³/mol. The summed E-state index contributed by atoms with van der Waals surface area (Å²) in [6.45, 7) is 0.555. The first-order chi connectivity index (χ1) is 8.81. The molecule has 2 aromatic rings. The lowest BCUT2D eigenvalue weighted by molar-refractivity contribution is -0.137. The molecule has 1 heterocycles. The van der Waals surface area contributed by atoms with Crippen molar-refractivity contribution in [1.29, 1.82) is 0 Å². The first-order valence-corrected chi connectivity index (χ1v) is 6.26. The summed E-state index contributed by atoms with van der Waals surface area (Å²) in [5, 5.41) is 11.9. The number of fused-ring (bicyclic) bond motifs is 1. The summed E-state index contributed by atoms with van der Waals surface area (Å²) in [6.07, 6.45) is 0.573. The number of aliphatic hydroxyl groups excluding tert-OH is 1. The van der Waals surface area contributed by atoms with Crippen molar-refractivity contribution in [2.75, 3.05) is 6.61 Å². The van der Waals surface area contributed by atoms with Crippen molar-refractivity contribution >= 4 is 10.8 Å². The molecular formula is C15H16O3. The van der Waals surface area contributed by atoms with Gasteiger partial charge in [0.15, 0.2) is 0 Å². The topological polar surface area (TPSA) is 38.7 Å². The van der Waals surface area contributed by atoms with E-state index in [1.165, 1.54) is 5.39 Å². The zero-order valence-electron chi connectivity index (χ0n) is 10.1. The number of rotatable bonds is 2. The molecule has 3 heteroatoms. The lowest BCUT2D eigenvalue weighted by Crippen LogP contribution is -2.32. The molecular weight excluding hydrogens is 228 g/mol. The van der Waals surface area contributed by atoms with E-state index in [2.05, 4.69) is 12.1 Å². The van der Waals surface area contributed by atoms with Crippen molar-refractivity contribution in [3.63, 3.8) is 0 Å². The van der Waals surface area contributed by atoms with E-state index < -0.39 is 0 Å². The van der Waals surface area contributed by atoms with Crippen LogP contribution in [0.4, 0.5) is 0 Å². The molecule has 2 aromatic carbocycles. The molecule has 0 aliphatic carbocycles. The van der Waals surface area contributed by atoms with Crippen LogP contribution < -0.4 is 4.74 Å². The van der Waals surface area contributed by atoms with E-state index in [0.717, 1.165) is 11.1 Å². The van der Waals surface area contributed by atoms with Gasteiger partial charge in [-0.2, -0.15) is 0 Å². The maximum absolute atomic E-state index is 9.57. The summed E-state index contributed by atoms with van der Waals surface area (Å²) in [5.41, 5.74) is 0. The van der Waals surface area contributed by atoms with Crippen molar-refractivity contribution in [3.05, 3.63) is 42.5 Å². The number of hydrogen-bond acceptors (Lipinski definition) is 3. The molecule has 3 rings (SSSR count). The third-order valence-corrected chi connectivity index (χ3v) is 3.21. The van der Waals surface area contributed by atoms with Gasteiger partial charge in [0.2, 0.25) is 6.29 Å². The van der Waals surface area contributed by atoms with Gasteiger partial charge in [-0.05, 0) is 29.3 Å². The minimum Gasteiger partial charge on any atom is -0.465 e. The summed E-state index contributed by atoms with van der Waals surface area (Å²) >= 11 is 0. The number of benzene rings is 2. The molecule has 18 heavy (non-hydrogen) atoms. The molecule has 0 spiro atoms. The molecule has 3 nitrogen and oxygen atoms in total. The molecule has 1 aliphatic heterocycles. The van der Waals surface area contributed by atoms with Crippen LogP contribution in [0.1, 0.15) is 12.8 Å². The Morgan fingerprint density at radius 3 is 2.78 bits per heavy atom. The summed E-state index contributed by atoms with van der Waals surface area (Å²) in [7, 11) is 0. The van der Waals surface area contributed by atoms with E-state index in [0.29, 0.717) is 19.4 Å². The maximum atomic E-state index is 9.57. The summed E-state index contributed by atoms with van der Waals surface area (Å²) < 4.78 is 11.2. The second-order valence-electron chi connectivity index (χ2n) is 4.61. The van der Waals surface area contributed by atoms with Gasteiger partial charge >= 0.3 is 0 Å². The zero-order valence-corrected chi connectivity index (χ0v) is 10.1. The van der Waals surface area contributed by atoms with E-state index >= 15 is 0 Å². The number of ether oxygens (including phenoxy) is 2. The van der Waals surface area contributed by atoms with Crippen LogP contribution in [-0.2, 0) is 4.74 Å². The Labute approximate surface area is 106 Å². The van der Waals surface area contributed by atoms with E-state index in [1.54, 1.807) is 0 Å². The fourth-order valence-electron chi connectivity index (χ4n) is 2.22. The smallest absolute Gasteiger partial charge is 0.202 e. The fraction of sp³-hybridized carbons (Fsp3) is 0.333. The Morgan fingerprint density at radius 2 is 1.94 bits per heavy atom. The largest absolute Gasteiger partial charge is 0.465 e. The Hall–Kier alpha value is -1.58. The molecule has 1 fully saturated rings. The Kier molecular flexibility index (Phi) is 3.17. The molecule has 2 atom stereocenters. The van der Waals surface area contributed by atoms with Gasteiger partial charge in [-0.3, -0.25) is 0 Å². The van der Waals surface area contributed by atoms with Crippen molar-refractivity contribution in [3.8, 4) is 5.75 Å². The highest BCUT2D eigenvalue weighted by molar-refractivity contribution is 5.83. The van der Waals surface area contributed by atoms with Gasteiger partial charge in [0.1, 0.15) is 5.75 Å². The Morgan fingerprint density at radius 1 is 1.11 bits per heavy atom. The molecule has 0 bridgehead atoms. The fourth-order valence-corrected chi connectivity index (χ4v) is 2.22. The second-order valence-corrected chi connectivity index (χ2v) is 4.61. The van der Waals surface area contributed by atoms with Crippen LogP contribution in [0.5, 0.6) is 5.75 Å². The zero-order chi connectivity index (χ0) is 12.4. The van der Waals surface area contributed by atoms with E-state index in [-0.39, 0.29) is 12.4 Å². The van der Waals surface area contributed by atoms with Crippen molar-refractivity contribution in [2.45, 2.75) is 25.2 Å². The molecule has 1 N–H and O–H groups in total. The van der Waals surface area contributed by atoms with Gasteiger partial charge in [0.05, 0.1) is 12.7 Å². The van der Waals surface area contributed by atoms with Crippen LogP contribution in [0.15, 0.2) is 42.5 Å². The molecule has 94 valence electrons. The van der Waals surface area contributed by atoms with Gasteiger partial charge < -0.3 is 14.6 Å². The summed E-state index contributed by atoms with van der Waals surface area (Å²) in [4.78, 5) is 0. The average Bonchev–Trinajstić information content (AvgIpc) is 2.39. The highest BCUT2D eigenvalue weighted by Crippen LogP contribution is 2.24. The first-order valence-electron chi connectivity index (χ1n) is 6.26. The average molecular weight is 244 g/mol. The summed E-state index contributed by atoms with van der Waals surface area (Å²) in [6, 6.07) is 14.1. The Bertz CT molecular complexity index is 538. The van der Waals surface area contributed by atoms with Crippen LogP contribution in [0.2, 0.25) is 0 Å². The third kappa shape index (κ3) is 2.47. The van der Waals surface area contributed by atoms with Gasteiger partial charge in [-0.1, -0.05) is 30.3 Å². The van der Waals surface area contributed by atoms with Crippen LogP contribution >= 0.6 is 0 Å². The maximum Gasteiger partial charge on any atom is 0.202 e. The molecule has 0 saturated carbocycles. The molecule has 1 aliphatic rings. The van der Waals surface area contributed by atoms with E-state index in [4.69, 9.17) is 9.47 Å². The highest BCUT2D eigenvalue weighted by atomic mass is 16.7. The Balaban J connectivity index is 1.78. The van der Waals surface area contributed by atoms with Crippen LogP contribution in [0, 0.1) is 0 Å². The number of aliphatic hydroxyl groups is 1. The first kappa shape index (κ1) is 11.5. The lowest BCUT2D eigenvalue weighted by atomic mass is 10.1. The quantitative estimate of drug-likeness (QED) is 0.882. The minimum atomic E-state index is -0.338. The van der Waals surface area contributed by atoms with E-state index in [9.17, 15) is 5.11 Å². The van der Waals surface area contributed by atoms with Crippen LogP contribution in [-0.4, -0.2) is 24.1 Å². The molecule has 1 saturated heterocycles. The predicted octanol–water partition coefficient (Wildman–Crippen LogP) is 2.72. The lowest BCUT2D eigenvalue weighted by Gasteiger charge is -2.26. The third-order valence-electron chi connectivity index (χ3n) is 3.21. The SMILES string of the molecule is O[C@H]1CCO[C@@H](Oc2ccc3ccccc3c2)C1.